The van der Waals surface area contributed by atoms with Crippen molar-refractivity contribution < 1.29 is 0 Å². The molecule has 0 saturated heterocycles. The van der Waals surface area contributed by atoms with E-state index in [2.05, 4.69) is 63.7 Å². The van der Waals surface area contributed by atoms with Crippen LogP contribution in [0, 0.1) is 5.92 Å². The Morgan fingerprint density at radius 2 is 1.50 bits per heavy atom. The van der Waals surface area contributed by atoms with Crippen LogP contribution < -0.4 is 0 Å². The van der Waals surface area contributed by atoms with Gasteiger partial charge in [0, 0.05) is 10.1 Å². The fourth-order valence-electron chi connectivity index (χ4n) is 2.57. The van der Waals surface area contributed by atoms with E-state index in [1.165, 1.54) is 36.1 Å². The number of hydrogen-bond acceptors (Lipinski definition) is 1. The summed E-state index contributed by atoms with van der Waals surface area (Å²) in [5, 5.41) is 0.849. The highest BCUT2D eigenvalue weighted by molar-refractivity contribution is 8.00. The Balaban J connectivity index is 1.94. The van der Waals surface area contributed by atoms with Crippen molar-refractivity contribution in [2.75, 3.05) is 0 Å². The van der Waals surface area contributed by atoms with Gasteiger partial charge in [0.2, 0.25) is 0 Å². The molecule has 0 aliphatic heterocycles. The van der Waals surface area contributed by atoms with Gasteiger partial charge in [0.05, 0.1) is 0 Å². The Morgan fingerprint density at radius 3 is 2.00 bits per heavy atom. The fourth-order valence-corrected chi connectivity index (χ4v) is 3.76. The second-order valence-corrected chi connectivity index (χ2v) is 8.15. The summed E-state index contributed by atoms with van der Waals surface area (Å²) < 4.78 is 0. The quantitative estimate of drug-likeness (QED) is 0.663. The van der Waals surface area contributed by atoms with E-state index in [4.69, 9.17) is 0 Å². The molecule has 0 heterocycles. The summed E-state index contributed by atoms with van der Waals surface area (Å²) >= 11 is 2.09. The van der Waals surface area contributed by atoms with Crippen molar-refractivity contribution >= 4 is 11.8 Å². The van der Waals surface area contributed by atoms with Crippen LogP contribution in [-0.2, 0) is 5.41 Å². The van der Waals surface area contributed by atoms with E-state index in [0.717, 1.165) is 11.2 Å². The normalized spacial score (nSPS) is 25.1. The summed E-state index contributed by atoms with van der Waals surface area (Å²) in [5.41, 5.74) is 1.70. The number of thioether (sulfide) groups is 1. The lowest BCUT2D eigenvalue weighted by Gasteiger charge is -2.26. The third-order valence-electron chi connectivity index (χ3n) is 3.99. The predicted molar refractivity (Wildman–Crippen MR) is 82.4 cm³/mol. The zero-order valence-corrected chi connectivity index (χ0v) is 13.0. The maximum Gasteiger partial charge on any atom is 0.00946 e. The van der Waals surface area contributed by atoms with Gasteiger partial charge in [-0.05, 0) is 54.7 Å². The molecule has 1 heteroatoms. The molecular formula is C17H26S. The highest BCUT2D eigenvalue weighted by Gasteiger charge is 2.19. The SMILES string of the molecule is CC1CCC(Sc2ccc(C(C)(C)C)cc2)CC1. The molecular weight excluding hydrogens is 236 g/mol. The third kappa shape index (κ3) is 3.78. The van der Waals surface area contributed by atoms with Gasteiger partial charge in [0.1, 0.15) is 0 Å². The van der Waals surface area contributed by atoms with Gasteiger partial charge in [-0.2, -0.15) is 0 Å². The molecule has 0 bridgehead atoms. The van der Waals surface area contributed by atoms with Crippen LogP contribution in [0.4, 0.5) is 0 Å². The van der Waals surface area contributed by atoms with Crippen molar-refractivity contribution in [1.29, 1.82) is 0 Å². The molecule has 0 radical (unpaired) electrons. The van der Waals surface area contributed by atoms with Crippen LogP contribution in [-0.4, -0.2) is 5.25 Å². The van der Waals surface area contributed by atoms with E-state index < -0.39 is 0 Å². The largest absolute Gasteiger partial charge is 0.123 e. The number of hydrogen-bond donors (Lipinski definition) is 0. The molecule has 1 aromatic carbocycles. The average Bonchev–Trinajstić information content (AvgIpc) is 2.32. The Labute approximate surface area is 117 Å². The topological polar surface area (TPSA) is 0 Å². The van der Waals surface area contributed by atoms with E-state index in [1.807, 2.05) is 0 Å². The smallest absolute Gasteiger partial charge is 0.00946 e. The number of rotatable bonds is 2. The molecule has 0 spiro atoms. The standard InChI is InChI=1S/C17H26S/c1-13-5-9-15(10-6-13)18-16-11-7-14(8-12-16)17(2,3)4/h7-8,11-13,15H,5-6,9-10H2,1-4H3. The van der Waals surface area contributed by atoms with Gasteiger partial charge in [-0.25, -0.2) is 0 Å². The summed E-state index contributed by atoms with van der Waals surface area (Å²) in [6.45, 7) is 9.21. The van der Waals surface area contributed by atoms with E-state index >= 15 is 0 Å². The molecule has 1 aromatic rings. The first-order valence-corrected chi connectivity index (χ1v) is 8.10. The van der Waals surface area contributed by atoms with E-state index in [9.17, 15) is 0 Å². The van der Waals surface area contributed by atoms with Crippen LogP contribution in [0.25, 0.3) is 0 Å². The molecule has 1 aliphatic rings. The first-order valence-electron chi connectivity index (χ1n) is 7.22. The first kappa shape index (κ1) is 14.0. The van der Waals surface area contributed by atoms with Crippen molar-refractivity contribution in [3.63, 3.8) is 0 Å². The van der Waals surface area contributed by atoms with Gasteiger partial charge in [-0.15, -0.1) is 11.8 Å². The minimum Gasteiger partial charge on any atom is -0.123 e. The van der Waals surface area contributed by atoms with Crippen LogP contribution in [0.15, 0.2) is 29.2 Å². The van der Waals surface area contributed by atoms with E-state index in [0.29, 0.717) is 0 Å². The lowest BCUT2D eigenvalue weighted by molar-refractivity contribution is 0.393. The molecule has 18 heavy (non-hydrogen) atoms. The highest BCUT2D eigenvalue weighted by Crippen LogP contribution is 2.36. The van der Waals surface area contributed by atoms with Crippen LogP contribution in [0.1, 0.15) is 58.9 Å². The van der Waals surface area contributed by atoms with Gasteiger partial charge >= 0.3 is 0 Å². The number of benzene rings is 1. The third-order valence-corrected chi connectivity index (χ3v) is 5.34. The Morgan fingerprint density at radius 1 is 0.944 bits per heavy atom. The van der Waals surface area contributed by atoms with Crippen molar-refractivity contribution in [1.82, 2.24) is 0 Å². The van der Waals surface area contributed by atoms with Crippen molar-refractivity contribution in [3.05, 3.63) is 29.8 Å². The van der Waals surface area contributed by atoms with Gasteiger partial charge in [-0.1, -0.05) is 39.8 Å². The monoisotopic (exact) mass is 262 g/mol. The van der Waals surface area contributed by atoms with Gasteiger partial charge < -0.3 is 0 Å². The molecule has 0 unspecified atom stereocenters. The van der Waals surface area contributed by atoms with Crippen LogP contribution >= 0.6 is 11.8 Å². The summed E-state index contributed by atoms with van der Waals surface area (Å²) in [4.78, 5) is 1.45. The molecule has 0 aromatic heterocycles. The summed E-state index contributed by atoms with van der Waals surface area (Å²) in [6.07, 6.45) is 5.62. The molecule has 1 fully saturated rings. The second-order valence-electron chi connectivity index (χ2n) is 6.77. The Kier molecular flexibility index (Phi) is 4.42. The van der Waals surface area contributed by atoms with E-state index in [-0.39, 0.29) is 5.41 Å². The molecule has 0 nitrogen and oxygen atoms in total. The summed E-state index contributed by atoms with van der Waals surface area (Å²) in [5.74, 6) is 0.949. The van der Waals surface area contributed by atoms with Crippen LogP contribution in [0.5, 0.6) is 0 Å². The highest BCUT2D eigenvalue weighted by atomic mass is 32.2. The lowest BCUT2D eigenvalue weighted by atomic mass is 9.87. The zero-order valence-electron chi connectivity index (χ0n) is 12.2. The predicted octanol–water partition coefficient (Wildman–Crippen LogP) is 5.65. The Hall–Kier alpha value is -0.430. The maximum atomic E-state index is 2.39. The van der Waals surface area contributed by atoms with Gasteiger partial charge in [0.15, 0.2) is 0 Å². The lowest BCUT2D eigenvalue weighted by Crippen LogP contribution is -2.14. The second kappa shape index (κ2) is 5.69. The van der Waals surface area contributed by atoms with Crippen molar-refractivity contribution in [2.24, 2.45) is 5.92 Å². The van der Waals surface area contributed by atoms with E-state index in [1.54, 1.807) is 0 Å². The zero-order chi connectivity index (χ0) is 13.2. The molecule has 0 atom stereocenters. The minimum atomic E-state index is 0.267. The Bertz CT molecular complexity index is 364. The van der Waals surface area contributed by atoms with Gasteiger partial charge in [-0.3, -0.25) is 0 Å². The molecule has 0 amide bonds. The minimum absolute atomic E-state index is 0.267. The average molecular weight is 262 g/mol. The summed E-state index contributed by atoms with van der Waals surface area (Å²) in [6, 6.07) is 9.22. The fraction of sp³-hybridized carbons (Fsp3) is 0.647. The molecule has 1 saturated carbocycles. The molecule has 2 rings (SSSR count). The maximum absolute atomic E-state index is 2.39. The summed E-state index contributed by atoms with van der Waals surface area (Å²) in [7, 11) is 0. The molecule has 0 N–H and O–H groups in total. The van der Waals surface area contributed by atoms with Crippen LogP contribution in [0.2, 0.25) is 0 Å². The van der Waals surface area contributed by atoms with Crippen molar-refractivity contribution in [2.45, 2.75) is 68.9 Å². The first-order chi connectivity index (χ1) is 8.45. The van der Waals surface area contributed by atoms with Crippen molar-refractivity contribution in [3.8, 4) is 0 Å². The van der Waals surface area contributed by atoms with Crippen LogP contribution in [0.3, 0.4) is 0 Å². The van der Waals surface area contributed by atoms with Gasteiger partial charge in [0.25, 0.3) is 0 Å². The molecule has 100 valence electrons. The molecule has 1 aliphatic carbocycles.